The molecule has 4 rings (SSSR count). The van der Waals surface area contributed by atoms with Crippen LogP contribution in [0.3, 0.4) is 0 Å². The third-order valence-electron chi connectivity index (χ3n) is 4.52. The summed E-state index contributed by atoms with van der Waals surface area (Å²) in [5.74, 6) is -4.14. The molecule has 0 bridgehead atoms. The van der Waals surface area contributed by atoms with Crippen LogP contribution >= 0.6 is 11.6 Å². The average molecular weight is 399 g/mol. The molecule has 0 aromatic heterocycles. The van der Waals surface area contributed by atoms with Crippen LogP contribution in [-0.4, -0.2) is 40.5 Å². The second-order valence-electron chi connectivity index (χ2n) is 6.18. The zero-order chi connectivity index (χ0) is 20.0. The van der Waals surface area contributed by atoms with Gasteiger partial charge in [-0.05, 0) is 48.5 Å². The largest absolute Gasteiger partial charge is 0.478 e. The molecule has 2 aromatic rings. The molecule has 2 amide bonds. The van der Waals surface area contributed by atoms with E-state index in [2.05, 4.69) is 5.16 Å². The number of hydrogen-bond acceptors (Lipinski definition) is 6. The monoisotopic (exact) mass is 398 g/mol. The molecule has 140 valence electrons. The number of imide groups is 1. The van der Waals surface area contributed by atoms with Gasteiger partial charge >= 0.3 is 5.97 Å². The van der Waals surface area contributed by atoms with Gasteiger partial charge in [-0.25, -0.2) is 9.69 Å². The van der Waals surface area contributed by atoms with Gasteiger partial charge in [-0.3, -0.25) is 14.4 Å². The van der Waals surface area contributed by atoms with Gasteiger partial charge in [0, 0.05) is 10.6 Å². The van der Waals surface area contributed by atoms with E-state index in [0.29, 0.717) is 5.02 Å². The van der Waals surface area contributed by atoms with Crippen molar-refractivity contribution in [2.45, 2.75) is 6.10 Å². The van der Waals surface area contributed by atoms with Crippen molar-refractivity contribution in [3.63, 3.8) is 0 Å². The third kappa shape index (κ3) is 2.74. The summed E-state index contributed by atoms with van der Waals surface area (Å²) in [5, 5.41) is 13.1. The highest BCUT2D eigenvalue weighted by molar-refractivity contribution is 6.52. The molecular weight excluding hydrogens is 388 g/mol. The number of nitrogens with zero attached hydrogens (tertiary/aromatic N) is 2. The lowest BCUT2D eigenvalue weighted by atomic mass is 9.93. The van der Waals surface area contributed by atoms with Crippen molar-refractivity contribution in [3.8, 4) is 0 Å². The van der Waals surface area contributed by atoms with Crippen LogP contribution in [0.5, 0.6) is 0 Å². The molecular formula is C19H11ClN2O6. The lowest BCUT2D eigenvalue weighted by Gasteiger charge is -2.15. The van der Waals surface area contributed by atoms with E-state index in [0.717, 1.165) is 4.90 Å². The van der Waals surface area contributed by atoms with Gasteiger partial charge < -0.3 is 9.94 Å². The standard InChI is InChI=1S/C19H11ClN2O6/c20-11-5-1-9(2-6-11)15(23)14-13-16(28-21-14)18(25)22(17(13)24)12-7-3-10(4-8-12)19(26)27/h1-8,13,16H,(H,26,27)/t13-,16-/m1/s1. The van der Waals surface area contributed by atoms with E-state index in [9.17, 15) is 19.2 Å². The minimum atomic E-state index is -1.22. The van der Waals surface area contributed by atoms with Gasteiger partial charge in [0.05, 0.1) is 11.3 Å². The van der Waals surface area contributed by atoms with E-state index in [1.807, 2.05) is 0 Å². The number of Topliss-reactive ketones (excluding diaryl/α,β-unsaturated/α-hetero) is 1. The Morgan fingerprint density at radius 2 is 1.57 bits per heavy atom. The van der Waals surface area contributed by atoms with Crippen molar-refractivity contribution < 1.29 is 29.1 Å². The Morgan fingerprint density at radius 1 is 0.964 bits per heavy atom. The first-order valence-corrected chi connectivity index (χ1v) is 8.51. The number of carbonyl (C=O) groups excluding carboxylic acids is 3. The minimum Gasteiger partial charge on any atom is -0.478 e. The fourth-order valence-corrected chi connectivity index (χ4v) is 3.25. The van der Waals surface area contributed by atoms with E-state index < -0.39 is 35.6 Å². The molecule has 1 saturated heterocycles. The van der Waals surface area contributed by atoms with Gasteiger partial charge in [0.25, 0.3) is 5.91 Å². The summed E-state index contributed by atoms with van der Waals surface area (Å²) >= 11 is 5.82. The Hall–Kier alpha value is -3.52. The van der Waals surface area contributed by atoms with Gasteiger partial charge in [-0.1, -0.05) is 16.8 Å². The van der Waals surface area contributed by atoms with E-state index >= 15 is 0 Å². The normalized spacial score (nSPS) is 20.6. The SMILES string of the molecule is O=C(O)c1ccc(N2C(=O)[C@@H]3C(C(=O)c4ccc(Cl)cc4)=NO[C@H]3C2=O)cc1. The summed E-state index contributed by atoms with van der Waals surface area (Å²) < 4.78 is 0. The molecule has 28 heavy (non-hydrogen) atoms. The number of oxime groups is 1. The van der Waals surface area contributed by atoms with Gasteiger partial charge in [0.2, 0.25) is 17.8 Å². The predicted octanol–water partition coefficient (Wildman–Crippen LogP) is 2.17. The van der Waals surface area contributed by atoms with Crippen molar-refractivity contribution in [3.05, 3.63) is 64.7 Å². The second-order valence-corrected chi connectivity index (χ2v) is 6.62. The first-order chi connectivity index (χ1) is 13.4. The van der Waals surface area contributed by atoms with E-state index in [1.54, 1.807) is 0 Å². The number of hydrogen-bond donors (Lipinski definition) is 1. The summed E-state index contributed by atoms with van der Waals surface area (Å²) in [4.78, 5) is 55.1. The molecule has 2 aliphatic rings. The summed E-state index contributed by atoms with van der Waals surface area (Å²) in [6.45, 7) is 0. The number of carbonyl (C=O) groups is 4. The molecule has 0 unspecified atom stereocenters. The van der Waals surface area contributed by atoms with Gasteiger partial charge in [0.15, 0.2) is 0 Å². The number of amides is 2. The minimum absolute atomic E-state index is 0.0134. The summed E-state index contributed by atoms with van der Waals surface area (Å²) in [6, 6.07) is 11.3. The maximum absolute atomic E-state index is 12.9. The zero-order valence-electron chi connectivity index (χ0n) is 14.0. The molecule has 0 aliphatic carbocycles. The molecule has 2 aliphatic heterocycles. The molecule has 0 radical (unpaired) electrons. The molecule has 2 aromatic carbocycles. The van der Waals surface area contributed by atoms with E-state index in [1.165, 1.54) is 48.5 Å². The fraction of sp³-hybridized carbons (Fsp3) is 0.105. The number of ketones is 1. The van der Waals surface area contributed by atoms with Crippen LogP contribution in [0.25, 0.3) is 0 Å². The first kappa shape index (κ1) is 17.9. The van der Waals surface area contributed by atoms with E-state index in [4.69, 9.17) is 21.5 Å². The van der Waals surface area contributed by atoms with Gasteiger partial charge in [-0.15, -0.1) is 0 Å². The summed E-state index contributed by atoms with van der Waals surface area (Å²) in [7, 11) is 0. The maximum Gasteiger partial charge on any atom is 0.335 e. The Labute approximate surface area is 162 Å². The highest BCUT2D eigenvalue weighted by Crippen LogP contribution is 2.34. The predicted molar refractivity (Wildman–Crippen MR) is 97.5 cm³/mol. The quantitative estimate of drug-likeness (QED) is 0.623. The average Bonchev–Trinajstić information content (AvgIpc) is 3.22. The van der Waals surface area contributed by atoms with Crippen LogP contribution in [-0.2, 0) is 14.4 Å². The lowest BCUT2D eigenvalue weighted by molar-refractivity contribution is -0.126. The molecule has 0 saturated carbocycles. The fourth-order valence-electron chi connectivity index (χ4n) is 3.12. The van der Waals surface area contributed by atoms with Crippen molar-refractivity contribution >= 4 is 46.6 Å². The number of rotatable bonds is 4. The summed E-state index contributed by atoms with van der Waals surface area (Å²) in [6.07, 6.45) is -1.22. The number of halogens is 1. The van der Waals surface area contributed by atoms with Crippen LogP contribution in [0.15, 0.2) is 53.7 Å². The molecule has 8 nitrogen and oxygen atoms in total. The second kappa shape index (κ2) is 6.58. The highest BCUT2D eigenvalue weighted by atomic mass is 35.5. The number of anilines is 1. The smallest absolute Gasteiger partial charge is 0.335 e. The van der Waals surface area contributed by atoms with Crippen LogP contribution < -0.4 is 4.90 Å². The Bertz CT molecular complexity index is 1050. The molecule has 0 spiro atoms. The zero-order valence-corrected chi connectivity index (χ0v) is 14.8. The van der Waals surface area contributed by atoms with Crippen molar-refractivity contribution in [1.29, 1.82) is 0 Å². The Kier molecular flexibility index (Phi) is 4.20. The molecule has 1 fully saturated rings. The van der Waals surface area contributed by atoms with Gasteiger partial charge in [0.1, 0.15) is 11.6 Å². The van der Waals surface area contributed by atoms with Crippen molar-refractivity contribution in [1.82, 2.24) is 0 Å². The third-order valence-corrected chi connectivity index (χ3v) is 4.78. The summed E-state index contributed by atoms with van der Waals surface area (Å²) in [5.41, 5.74) is 0.308. The number of carboxylic acids is 1. The van der Waals surface area contributed by atoms with Crippen LogP contribution in [0.1, 0.15) is 20.7 Å². The van der Waals surface area contributed by atoms with Crippen molar-refractivity contribution in [2.75, 3.05) is 4.90 Å². The Balaban J connectivity index is 1.63. The van der Waals surface area contributed by atoms with Crippen LogP contribution in [0.4, 0.5) is 5.69 Å². The van der Waals surface area contributed by atoms with Crippen LogP contribution in [0, 0.1) is 5.92 Å². The van der Waals surface area contributed by atoms with Gasteiger partial charge in [-0.2, -0.15) is 0 Å². The Morgan fingerprint density at radius 3 is 2.18 bits per heavy atom. The number of carboxylic acid groups (broad SMARTS) is 1. The van der Waals surface area contributed by atoms with Crippen molar-refractivity contribution in [2.24, 2.45) is 11.1 Å². The van der Waals surface area contributed by atoms with E-state index in [-0.39, 0.29) is 22.5 Å². The molecule has 9 heteroatoms. The first-order valence-electron chi connectivity index (χ1n) is 8.13. The highest BCUT2D eigenvalue weighted by Gasteiger charge is 2.57. The molecule has 1 N–H and O–H groups in total. The maximum atomic E-state index is 12.9. The molecule has 2 heterocycles. The number of benzene rings is 2. The van der Waals surface area contributed by atoms with Crippen LogP contribution in [0.2, 0.25) is 5.02 Å². The molecule has 2 atom stereocenters. The number of aromatic carboxylic acids is 1. The number of fused-ring (bicyclic) bond motifs is 1. The topological polar surface area (TPSA) is 113 Å². The lowest BCUT2D eigenvalue weighted by Crippen LogP contribution is -2.34.